The van der Waals surface area contributed by atoms with E-state index in [-0.39, 0.29) is 18.3 Å². The number of nitrogens with one attached hydrogen (secondary N) is 1. The van der Waals surface area contributed by atoms with Crippen LogP contribution in [0.5, 0.6) is 5.88 Å². The van der Waals surface area contributed by atoms with Gasteiger partial charge >= 0.3 is 6.18 Å². The molecule has 0 aromatic carbocycles. The van der Waals surface area contributed by atoms with Crippen molar-refractivity contribution in [2.45, 2.75) is 12.6 Å². The van der Waals surface area contributed by atoms with Crippen LogP contribution in [0.4, 0.5) is 19.0 Å². The minimum absolute atomic E-state index is 0.0917. The Labute approximate surface area is 117 Å². The van der Waals surface area contributed by atoms with Crippen LogP contribution in [0.3, 0.4) is 0 Å². The Morgan fingerprint density at radius 3 is 2.75 bits per heavy atom. The zero-order valence-corrected chi connectivity index (χ0v) is 11.1. The minimum atomic E-state index is -4.47. The van der Waals surface area contributed by atoms with Gasteiger partial charge in [-0.15, -0.1) is 11.3 Å². The van der Waals surface area contributed by atoms with E-state index < -0.39 is 11.7 Å². The van der Waals surface area contributed by atoms with E-state index in [0.717, 1.165) is 17.0 Å². The average Bonchev–Trinajstić information content (AvgIpc) is 2.90. The van der Waals surface area contributed by atoms with Crippen molar-refractivity contribution in [2.24, 2.45) is 5.84 Å². The van der Waals surface area contributed by atoms with Crippen molar-refractivity contribution in [1.29, 1.82) is 0 Å². The fourth-order valence-electron chi connectivity index (χ4n) is 1.53. The third kappa shape index (κ3) is 3.84. The first-order valence-electron chi connectivity index (χ1n) is 5.70. The summed E-state index contributed by atoms with van der Waals surface area (Å²) in [6, 6.07) is 5.51. The lowest BCUT2D eigenvalue weighted by Gasteiger charge is -2.11. The smallest absolute Gasteiger partial charge is 0.416 e. The number of ether oxygens (including phenoxy) is 1. The third-order valence-corrected chi connectivity index (χ3v) is 3.39. The zero-order valence-electron chi connectivity index (χ0n) is 10.3. The maximum Gasteiger partial charge on any atom is 0.416 e. The molecule has 2 rings (SSSR count). The highest BCUT2D eigenvalue weighted by Crippen LogP contribution is 2.32. The van der Waals surface area contributed by atoms with Crippen LogP contribution in [0.2, 0.25) is 0 Å². The van der Waals surface area contributed by atoms with Crippen molar-refractivity contribution >= 4 is 17.2 Å². The van der Waals surface area contributed by atoms with Gasteiger partial charge in [0.05, 0.1) is 12.2 Å². The predicted octanol–water partition coefficient (Wildman–Crippen LogP) is 3.07. The minimum Gasteiger partial charge on any atom is -0.477 e. The summed E-state index contributed by atoms with van der Waals surface area (Å²) in [6.07, 6.45) is -3.86. The van der Waals surface area contributed by atoms with E-state index in [1.807, 2.05) is 17.5 Å². The van der Waals surface area contributed by atoms with Gasteiger partial charge < -0.3 is 10.2 Å². The Bertz CT molecular complexity index is 558. The van der Waals surface area contributed by atoms with Gasteiger partial charge in [-0.25, -0.2) is 5.84 Å². The molecule has 2 heterocycles. The summed E-state index contributed by atoms with van der Waals surface area (Å²) < 4.78 is 43.3. The summed E-state index contributed by atoms with van der Waals surface area (Å²) in [5.41, 5.74) is 1.24. The van der Waals surface area contributed by atoms with Gasteiger partial charge in [0, 0.05) is 17.4 Å². The molecule has 0 aliphatic heterocycles. The van der Waals surface area contributed by atoms with Gasteiger partial charge in [0.1, 0.15) is 5.82 Å². The number of thiophene rings is 1. The number of halogens is 3. The lowest BCUT2D eigenvalue weighted by Crippen LogP contribution is -2.13. The quantitative estimate of drug-likeness (QED) is 0.658. The zero-order chi connectivity index (χ0) is 14.6. The number of aromatic nitrogens is 1. The molecule has 0 aliphatic rings. The summed E-state index contributed by atoms with van der Waals surface area (Å²) in [6.45, 7) is 0.249. The van der Waals surface area contributed by atoms with Crippen LogP contribution in [-0.4, -0.2) is 11.6 Å². The molecule has 4 nitrogen and oxygen atoms in total. The van der Waals surface area contributed by atoms with Crippen molar-refractivity contribution in [2.75, 3.05) is 12.0 Å². The first kappa shape index (κ1) is 14.6. The molecule has 8 heteroatoms. The van der Waals surface area contributed by atoms with Crippen molar-refractivity contribution < 1.29 is 17.9 Å². The number of nitrogens with zero attached hydrogens (tertiary/aromatic N) is 1. The van der Waals surface area contributed by atoms with Gasteiger partial charge in [0.25, 0.3) is 0 Å². The Morgan fingerprint density at radius 1 is 1.35 bits per heavy atom. The number of alkyl halides is 3. The first-order chi connectivity index (χ1) is 9.49. The van der Waals surface area contributed by atoms with Crippen LogP contribution in [-0.2, 0) is 12.6 Å². The standard InChI is InChI=1S/C12H12F3N3OS/c13-12(14,15)8-6-10(18-16)17-11(7-8)19-4-3-9-2-1-5-20-9/h1-2,5-7H,3-4,16H2,(H,17,18). The van der Waals surface area contributed by atoms with Crippen molar-refractivity contribution in [3.8, 4) is 5.88 Å². The summed E-state index contributed by atoms with van der Waals surface area (Å²) in [5, 5.41) is 1.92. The molecule has 0 saturated heterocycles. The number of nitrogen functional groups attached to an aromatic ring is 1. The highest BCUT2D eigenvalue weighted by molar-refractivity contribution is 7.09. The molecule has 108 valence electrons. The number of pyridine rings is 1. The highest BCUT2D eigenvalue weighted by atomic mass is 32.1. The summed E-state index contributed by atoms with van der Waals surface area (Å²) in [7, 11) is 0. The molecule has 0 aliphatic carbocycles. The average molecular weight is 303 g/mol. The fraction of sp³-hybridized carbons (Fsp3) is 0.250. The van der Waals surface area contributed by atoms with E-state index in [2.05, 4.69) is 10.4 Å². The molecule has 0 spiro atoms. The second-order valence-electron chi connectivity index (χ2n) is 3.90. The van der Waals surface area contributed by atoms with E-state index in [1.165, 1.54) is 0 Å². The SMILES string of the molecule is NNc1cc(C(F)(F)F)cc(OCCc2cccs2)n1. The second-order valence-corrected chi connectivity index (χ2v) is 4.93. The third-order valence-electron chi connectivity index (χ3n) is 2.46. The monoisotopic (exact) mass is 303 g/mol. The molecule has 0 saturated carbocycles. The van der Waals surface area contributed by atoms with Crippen LogP contribution in [0.25, 0.3) is 0 Å². The number of hydrogen-bond acceptors (Lipinski definition) is 5. The summed E-state index contributed by atoms with van der Waals surface area (Å²) in [4.78, 5) is 4.92. The van der Waals surface area contributed by atoms with Crippen LogP contribution < -0.4 is 16.0 Å². The maximum absolute atomic E-state index is 12.7. The molecule has 0 atom stereocenters. The normalized spacial score (nSPS) is 11.4. The summed E-state index contributed by atoms with van der Waals surface area (Å²) >= 11 is 1.56. The number of anilines is 1. The van der Waals surface area contributed by atoms with Gasteiger partial charge in [-0.1, -0.05) is 6.07 Å². The van der Waals surface area contributed by atoms with Crippen molar-refractivity contribution in [3.63, 3.8) is 0 Å². The second kappa shape index (κ2) is 6.10. The number of rotatable bonds is 5. The van der Waals surface area contributed by atoms with Crippen LogP contribution in [0.15, 0.2) is 29.6 Å². The molecule has 2 aromatic heterocycles. The van der Waals surface area contributed by atoms with Crippen molar-refractivity contribution in [1.82, 2.24) is 4.98 Å². The lowest BCUT2D eigenvalue weighted by atomic mass is 10.2. The van der Waals surface area contributed by atoms with Gasteiger partial charge in [-0.05, 0) is 17.5 Å². The number of nitrogens with two attached hydrogens (primary N) is 1. The van der Waals surface area contributed by atoms with Crippen LogP contribution >= 0.6 is 11.3 Å². The highest BCUT2D eigenvalue weighted by Gasteiger charge is 2.31. The first-order valence-corrected chi connectivity index (χ1v) is 6.58. The van der Waals surface area contributed by atoms with Gasteiger partial charge in [-0.2, -0.15) is 18.2 Å². The molecule has 2 aromatic rings. The molecule has 20 heavy (non-hydrogen) atoms. The molecular formula is C12H12F3N3OS. The lowest BCUT2D eigenvalue weighted by molar-refractivity contribution is -0.137. The Hall–Kier alpha value is -1.80. The largest absolute Gasteiger partial charge is 0.477 e. The van der Waals surface area contributed by atoms with E-state index in [1.54, 1.807) is 11.3 Å². The number of hydrogen-bond donors (Lipinski definition) is 2. The number of hydrazine groups is 1. The Morgan fingerprint density at radius 2 is 2.15 bits per heavy atom. The maximum atomic E-state index is 12.7. The summed E-state index contributed by atoms with van der Waals surface area (Å²) in [5.74, 6) is 4.90. The van der Waals surface area contributed by atoms with Crippen molar-refractivity contribution in [3.05, 3.63) is 40.1 Å². The van der Waals surface area contributed by atoms with Gasteiger partial charge in [-0.3, -0.25) is 0 Å². The van der Waals surface area contributed by atoms with Crippen LogP contribution in [0.1, 0.15) is 10.4 Å². The van der Waals surface area contributed by atoms with E-state index in [4.69, 9.17) is 10.6 Å². The molecular weight excluding hydrogens is 291 g/mol. The Kier molecular flexibility index (Phi) is 4.46. The molecule has 0 amide bonds. The molecule has 0 unspecified atom stereocenters. The van der Waals surface area contributed by atoms with E-state index >= 15 is 0 Å². The van der Waals surface area contributed by atoms with Gasteiger partial charge in [0.15, 0.2) is 0 Å². The molecule has 0 radical (unpaired) electrons. The molecule has 0 bridgehead atoms. The molecule has 0 fully saturated rings. The van der Waals surface area contributed by atoms with Crippen LogP contribution in [0, 0.1) is 0 Å². The fourth-order valence-corrected chi connectivity index (χ4v) is 2.22. The topological polar surface area (TPSA) is 60.2 Å². The van der Waals surface area contributed by atoms with E-state index in [9.17, 15) is 13.2 Å². The van der Waals surface area contributed by atoms with Gasteiger partial charge in [0.2, 0.25) is 5.88 Å². The van der Waals surface area contributed by atoms with E-state index in [0.29, 0.717) is 6.42 Å². The Balaban J connectivity index is 2.06. The molecule has 3 N–H and O–H groups in total. The predicted molar refractivity (Wildman–Crippen MR) is 70.6 cm³/mol.